The van der Waals surface area contributed by atoms with E-state index in [9.17, 15) is 0 Å². The first kappa shape index (κ1) is 20.7. The van der Waals surface area contributed by atoms with E-state index in [0.29, 0.717) is 0 Å². The largest absolute Gasteiger partial charge is 1.00 e. The van der Waals surface area contributed by atoms with E-state index in [0.717, 1.165) is 13.2 Å². The van der Waals surface area contributed by atoms with Gasteiger partial charge in [0.2, 0.25) is 0 Å². The van der Waals surface area contributed by atoms with Gasteiger partial charge >= 0.3 is 0 Å². The molecule has 0 radical (unpaired) electrons. The first-order valence-corrected chi connectivity index (χ1v) is 8.44. The van der Waals surface area contributed by atoms with Gasteiger partial charge in [-0.1, -0.05) is 75.4 Å². The zero-order valence-corrected chi connectivity index (χ0v) is 16.2. The first-order chi connectivity index (χ1) is 10.9. The van der Waals surface area contributed by atoms with Crippen LogP contribution in [-0.2, 0) is 10.2 Å². The molecule has 2 nitrogen and oxygen atoms in total. The third-order valence-corrected chi connectivity index (χ3v) is 4.04. The van der Waals surface area contributed by atoms with Crippen LogP contribution in [0.15, 0.2) is 54.6 Å². The minimum absolute atomic E-state index is 0. The second kappa shape index (κ2) is 9.22. The number of quaternary nitrogens is 1. The molecule has 132 valence electrons. The summed E-state index contributed by atoms with van der Waals surface area (Å²) >= 11 is 0. The molecule has 0 aliphatic heterocycles. The lowest BCUT2D eigenvalue weighted by molar-refractivity contribution is -0.858. The average molecular weight is 348 g/mol. The standard InChI is InChI=1S/C21H29NO.ClH/c1-21(2,3)19-14-10-9-13-18(19)20(23-16-15-22(4)5)17-11-7-6-8-12-17;/h6-14,20H,15-16H2,1-5H3;1H. The summed E-state index contributed by atoms with van der Waals surface area (Å²) in [6, 6.07) is 19.2. The summed E-state index contributed by atoms with van der Waals surface area (Å²) in [4.78, 5) is 1.40. The Bertz CT molecular complexity index is 605. The molecule has 0 saturated heterocycles. The van der Waals surface area contributed by atoms with Gasteiger partial charge in [0, 0.05) is 0 Å². The second-order valence-corrected chi connectivity index (χ2v) is 7.46. The van der Waals surface area contributed by atoms with Gasteiger partial charge in [-0.05, 0) is 22.1 Å². The van der Waals surface area contributed by atoms with E-state index in [2.05, 4.69) is 89.5 Å². The van der Waals surface area contributed by atoms with E-state index in [-0.39, 0.29) is 23.9 Å². The number of halogens is 1. The monoisotopic (exact) mass is 347 g/mol. The summed E-state index contributed by atoms with van der Waals surface area (Å²) in [5.41, 5.74) is 3.95. The Morgan fingerprint density at radius 2 is 1.50 bits per heavy atom. The van der Waals surface area contributed by atoms with Crippen molar-refractivity contribution in [2.24, 2.45) is 0 Å². The molecular weight excluding hydrogens is 318 g/mol. The normalized spacial score (nSPS) is 12.8. The second-order valence-electron chi connectivity index (χ2n) is 7.46. The zero-order valence-electron chi connectivity index (χ0n) is 15.5. The Morgan fingerprint density at radius 3 is 2.08 bits per heavy atom. The third-order valence-electron chi connectivity index (χ3n) is 4.04. The lowest BCUT2D eigenvalue weighted by Crippen LogP contribution is -3.06. The number of nitrogens with one attached hydrogen (secondary N) is 1. The van der Waals surface area contributed by atoms with Crippen molar-refractivity contribution in [3.63, 3.8) is 0 Å². The molecule has 0 aliphatic carbocycles. The summed E-state index contributed by atoms with van der Waals surface area (Å²) in [5.74, 6) is 0. The predicted molar refractivity (Wildman–Crippen MR) is 97.1 cm³/mol. The highest BCUT2D eigenvalue weighted by molar-refractivity contribution is 5.39. The van der Waals surface area contributed by atoms with E-state index in [1.54, 1.807) is 0 Å². The molecule has 3 heteroatoms. The highest BCUT2D eigenvalue weighted by atomic mass is 35.5. The molecule has 0 bridgehead atoms. The number of rotatable bonds is 6. The van der Waals surface area contributed by atoms with E-state index in [1.165, 1.54) is 21.6 Å². The van der Waals surface area contributed by atoms with Gasteiger partial charge in [0.25, 0.3) is 0 Å². The molecule has 1 atom stereocenters. The molecule has 0 saturated carbocycles. The highest BCUT2D eigenvalue weighted by Gasteiger charge is 2.24. The Kier molecular flexibility index (Phi) is 7.95. The van der Waals surface area contributed by atoms with Crippen molar-refractivity contribution < 1.29 is 22.0 Å². The summed E-state index contributed by atoms with van der Waals surface area (Å²) in [7, 11) is 4.31. The van der Waals surface area contributed by atoms with Crippen LogP contribution >= 0.6 is 0 Å². The molecular formula is C21H30ClNO. The fourth-order valence-electron chi connectivity index (χ4n) is 2.78. The molecule has 0 aromatic heterocycles. The summed E-state index contributed by atoms with van der Waals surface area (Å²) in [6.07, 6.45) is -0.00836. The predicted octanol–water partition coefficient (Wildman–Crippen LogP) is 0.239. The SMILES string of the molecule is C[NH+](C)CCOC(c1ccccc1)c1ccccc1C(C)(C)C.[Cl-]. The van der Waals surface area contributed by atoms with Gasteiger partial charge in [-0.15, -0.1) is 0 Å². The van der Waals surface area contributed by atoms with Crippen LogP contribution in [0.25, 0.3) is 0 Å². The van der Waals surface area contributed by atoms with Crippen LogP contribution in [0.3, 0.4) is 0 Å². The summed E-state index contributed by atoms with van der Waals surface area (Å²) < 4.78 is 6.34. The van der Waals surface area contributed by atoms with Crippen LogP contribution in [0.2, 0.25) is 0 Å². The molecule has 0 amide bonds. The van der Waals surface area contributed by atoms with Crippen molar-refractivity contribution in [3.05, 3.63) is 71.3 Å². The topological polar surface area (TPSA) is 13.7 Å². The van der Waals surface area contributed by atoms with Crippen LogP contribution in [-0.4, -0.2) is 27.2 Å². The minimum atomic E-state index is -0.00836. The fourth-order valence-corrected chi connectivity index (χ4v) is 2.78. The van der Waals surface area contributed by atoms with Crippen LogP contribution < -0.4 is 17.3 Å². The van der Waals surface area contributed by atoms with Gasteiger partial charge in [0.1, 0.15) is 12.6 Å². The van der Waals surface area contributed by atoms with Crippen molar-refractivity contribution in [1.29, 1.82) is 0 Å². The molecule has 2 aromatic rings. The van der Waals surface area contributed by atoms with E-state index in [4.69, 9.17) is 4.74 Å². The number of hydrogen-bond donors (Lipinski definition) is 1. The molecule has 24 heavy (non-hydrogen) atoms. The van der Waals surface area contributed by atoms with Crippen LogP contribution in [0.5, 0.6) is 0 Å². The van der Waals surface area contributed by atoms with E-state index in [1.807, 2.05) is 0 Å². The van der Waals surface area contributed by atoms with Gasteiger partial charge in [-0.2, -0.15) is 0 Å². The van der Waals surface area contributed by atoms with Gasteiger partial charge in [0.05, 0.1) is 20.7 Å². The van der Waals surface area contributed by atoms with E-state index >= 15 is 0 Å². The molecule has 2 aromatic carbocycles. The van der Waals surface area contributed by atoms with Crippen molar-refractivity contribution >= 4 is 0 Å². The minimum Gasteiger partial charge on any atom is -1.00 e. The highest BCUT2D eigenvalue weighted by Crippen LogP contribution is 2.34. The number of likely N-dealkylation sites (N-methyl/N-ethyl adjacent to an activating group) is 1. The van der Waals surface area contributed by atoms with Crippen molar-refractivity contribution in [2.45, 2.75) is 32.3 Å². The van der Waals surface area contributed by atoms with Crippen molar-refractivity contribution in [1.82, 2.24) is 0 Å². The molecule has 0 spiro atoms. The third kappa shape index (κ3) is 5.62. The maximum atomic E-state index is 6.34. The van der Waals surface area contributed by atoms with Crippen LogP contribution in [0.4, 0.5) is 0 Å². The van der Waals surface area contributed by atoms with Crippen LogP contribution in [0.1, 0.15) is 43.6 Å². The Balaban J connectivity index is 0.00000288. The van der Waals surface area contributed by atoms with Gasteiger partial charge in [-0.25, -0.2) is 0 Å². The molecule has 2 rings (SSSR count). The average Bonchev–Trinajstić information content (AvgIpc) is 2.51. The van der Waals surface area contributed by atoms with Crippen molar-refractivity contribution in [2.75, 3.05) is 27.2 Å². The Hall–Kier alpha value is -1.35. The quantitative estimate of drug-likeness (QED) is 0.790. The van der Waals surface area contributed by atoms with Crippen LogP contribution in [0, 0.1) is 0 Å². The van der Waals surface area contributed by atoms with E-state index < -0.39 is 0 Å². The maximum absolute atomic E-state index is 6.34. The lowest BCUT2D eigenvalue weighted by atomic mass is 9.81. The fraction of sp³-hybridized carbons (Fsp3) is 0.429. The van der Waals surface area contributed by atoms with Crippen molar-refractivity contribution in [3.8, 4) is 0 Å². The van der Waals surface area contributed by atoms with Gasteiger partial charge in [-0.3, -0.25) is 0 Å². The molecule has 0 aliphatic rings. The zero-order chi connectivity index (χ0) is 16.9. The maximum Gasteiger partial charge on any atom is 0.108 e. The summed E-state index contributed by atoms with van der Waals surface area (Å²) in [5, 5.41) is 0. The molecule has 0 heterocycles. The molecule has 1 N–H and O–H groups in total. The van der Waals surface area contributed by atoms with Gasteiger partial charge < -0.3 is 22.0 Å². The Morgan fingerprint density at radius 1 is 0.917 bits per heavy atom. The number of hydrogen-bond acceptors (Lipinski definition) is 1. The smallest absolute Gasteiger partial charge is 0.108 e. The molecule has 1 unspecified atom stereocenters. The molecule has 0 fully saturated rings. The van der Waals surface area contributed by atoms with Gasteiger partial charge in [0.15, 0.2) is 0 Å². The summed E-state index contributed by atoms with van der Waals surface area (Å²) in [6.45, 7) is 8.54. The number of ether oxygens (including phenoxy) is 1. The Labute approximate surface area is 153 Å². The first-order valence-electron chi connectivity index (χ1n) is 8.44. The lowest BCUT2D eigenvalue weighted by Gasteiger charge is -2.28. The number of benzene rings is 2.